The molecule has 1 heterocycles. The average Bonchev–Trinajstić information content (AvgIpc) is 2.06. The van der Waals surface area contributed by atoms with Gasteiger partial charge >= 0.3 is 0 Å². The Labute approximate surface area is 90.2 Å². The van der Waals surface area contributed by atoms with E-state index < -0.39 is 0 Å². The Morgan fingerprint density at radius 1 is 1.00 bits per heavy atom. The molecule has 0 saturated carbocycles. The van der Waals surface area contributed by atoms with Gasteiger partial charge in [0.25, 0.3) is 0 Å². The van der Waals surface area contributed by atoms with Crippen molar-refractivity contribution in [3.8, 4) is 0 Å². The quantitative estimate of drug-likeness (QED) is 0.621. The van der Waals surface area contributed by atoms with Crippen molar-refractivity contribution in [1.82, 2.24) is 4.98 Å². The normalized spacial score (nSPS) is 10.7. The van der Waals surface area contributed by atoms with Crippen molar-refractivity contribution < 1.29 is 0 Å². The fraction of sp³-hybridized carbons (Fsp3) is 0. The standard InChI is InChI=1S/C9H4Cl3N/c10-6-1-5-4-13-9(12)3-7(5)8(11)2-6/h1-4H. The topological polar surface area (TPSA) is 12.9 Å². The fourth-order valence-electron chi connectivity index (χ4n) is 1.15. The highest BCUT2D eigenvalue weighted by molar-refractivity contribution is 6.39. The molecule has 66 valence electrons. The fourth-order valence-corrected chi connectivity index (χ4v) is 1.87. The van der Waals surface area contributed by atoms with Crippen LogP contribution in [0.1, 0.15) is 0 Å². The van der Waals surface area contributed by atoms with Gasteiger partial charge in [-0.2, -0.15) is 0 Å². The van der Waals surface area contributed by atoms with E-state index >= 15 is 0 Å². The molecule has 13 heavy (non-hydrogen) atoms. The molecule has 0 amide bonds. The van der Waals surface area contributed by atoms with Crippen LogP contribution >= 0.6 is 34.8 Å². The summed E-state index contributed by atoms with van der Waals surface area (Å²) in [5.41, 5.74) is 0. The molecule has 2 rings (SSSR count). The zero-order valence-corrected chi connectivity index (χ0v) is 8.66. The van der Waals surface area contributed by atoms with Crippen LogP contribution in [-0.2, 0) is 0 Å². The molecule has 0 aliphatic carbocycles. The molecule has 4 heteroatoms. The minimum atomic E-state index is 0.428. The molecule has 0 aliphatic heterocycles. The average molecular weight is 232 g/mol. The highest BCUT2D eigenvalue weighted by Crippen LogP contribution is 2.28. The van der Waals surface area contributed by atoms with E-state index in [9.17, 15) is 0 Å². The zero-order chi connectivity index (χ0) is 9.42. The third-order valence-electron chi connectivity index (χ3n) is 1.72. The van der Waals surface area contributed by atoms with Gasteiger partial charge in [0, 0.05) is 22.0 Å². The van der Waals surface area contributed by atoms with E-state index in [0.717, 1.165) is 10.8 Å². The summed E-state index contributed by atoms with van der Waals surface area (Å²) in [6.45, 7) is 0. The van der Waals surface area contributed by atoms with Crippen molar-refractivity contribution in [1.29, 1.82) is 0 Å². The van der Waals surface area contributed by atoms with Crippen LogP contribution in [0.5, 0.6) is 0 Å². The summed E-state index contributed by atoms with van der Waals surface area (Å²) in [6, 6.07) is 5.20. The summed E-state index contributed by atoms with van der Waals surface area (Å²) < 4.78 is 0. The summed E-state index contributed by atoms with van der Waals surface area (Å²) >= 11 is 17.5. The number of halogens is 3. The largest absolute Gasteiger partial charge is 0.244 e. The van der Waals surface area contributed by atoms with E-state index in [1.54, 1.807) is 24.4 Å². The maximum absolute atomic E-state index is 5.96. The van der Waals surface area contributed by atoms with Gasteiger partial charge < -0.3 is 0 Å². The Balaban J connectivity index is 2.87. The first-order chi connectivity index (χ1) is 6.16. The van der Waals surface area contributed by atoms with Crippen LogP contribution in [-0.4, -0.2) is 4.98 Å². The highest BCUT2D eigenvalue weighted by atomic mass is 35.5. The summed E-state index contributed by atoms with van der Waals surface area (Å²) in [5, 5.41) is 3.37. The number of rotatable bonds is 0. The van der Waals surface area contributed by atoms with Gasteiger partial charge in [0.2, 0.25) is 0 Å². The maximum atomic E-state index is 5.96. The van der Waals surface area contributed by atoms with Crippen molar-refractivity contribution in [3.05, 3.63) is 39.6 Å². The van der Waals surface area contributed by atoms with Crippen LogP contribution in [0.25, 0.3) is 10.8 Å². The van der Waals surface area contributed by atoms with Gasteiger partial charge in [-0.15, -0.1) is 0 Å². The lowest BCUT2D eigenvalue weighted by molar-refractivity contribution is 1.36. The SMILES string of the molecule is Clc1cc(Cl)c2cc(Cl)ncc2c1. The number of pyridine rings is 1. The lowest BCUT2D eigenvalue weighted by Crippen LogP contribution is -1.79. The molecule has 0 N–H and O–H groups in total. The van der Waals surface area contributed by atoms with Crippen LogP contribution in [0.4, 0.5) is 0 Å². The van der Waals surface area contributed by atoms with Gasteiger partial charge in [-0.25, -0.2) is 4.98 Å². The van der Waals surface area contributed by atoms with Crippen molar-refractivity contribution in [3.63, 3.8) is 0 Å². The number of aromatic nitrogens is 1. The third-order valence-corrected chi connectivity index (χ3v) is 2.45. The Morgan fingerprint density at radius 3 is 2.54 bits per heavy atom. The van der Waals surface area contributed by atoms with Gasteiger partial charge in [0.1, 0.15) is 5.15 Å². The van der Waals surface area contributed by atoms with E-state index in [1.807, 2.05) is 0 Å². The van der Waals surface area contributed by atoms with E-state index in [1.165, 1.54) is 0 Å². The molecule has 0 fully saturated rings. The summed E-state index contributed by atoms with van der Waals surface area (Å²) in [4.78, 5) is 3.94. The molecule has 1 aromatic carbocycles. The molecule has 0 aliphatic rings. The van der Waals surface area contributed by atoms with Gasteiger partial charge in [0.05, 0.1) is 5.02 Å². The smallest absolute Gasteiger partial charge is 0.129 e. The second-order valence-corrected chi connectivity index (χ2v) is 3.85. The number of nitrogens with zero attached hydrogens (tertiary/aromatic N) is 1. The van der Waals surface area contributed by atoms with Crippen molar-refractivity contribution in [2.75, 3.05) is 0 Å². The van der Waals surface area contributed by atoms with Crippen LogP contribution < -0.4 is 0 Å². The molecule has 2 aromatic rings. The van der Waals surface area contributed by atoms with Crippen LogP contribution in [0, 0.1) is 0 Å². The Hall–Kier alpha value is -0.500. The molecule has 0 radical (unpaired) electrons. The molecule has 0 saturated heterocycles. The second-order valence-electron chi connectivity index (χ2n) is 2.62. The van der Waals surface area contributed by atoms with E-state index in [2.05, 4.69) is 4.98 Å². The first-order valence-corrected chi connectivity index (χ1v) is 4.70. The number of hydrogen-bond acceptors (Lipinski definition) is 1. The number of benzene rings is 1. The Bertz CT molecular complexity index is 468. The lowest BCUT2D eigenvalue weighted by Gasteiger charge is -2.00. The minimum absolute atomic E-state index is 0.428. The number of fused-ring (bicyclic) bond motifs is 1. The number of hydrogen-bond donors (Lipinski definition) is 0. The van der Waals surface area contributed by atoms with E-state index in [4.69, 9.17) is 34.8 Å². The van der Waals surface area contributed by atoms with Gasteiger partial charge in [-0.1, -0.05) is 34.8 Å². The summed E-state index contributed by atoms with van der Waals surface area (Å²) in [5.74, 6) is 0. The monoisotopic (exact) mass is 231 g/mol. The van der Waals surface area contributed by atoms with Gasteiger partial charge in [-0.3, -0.25) is 0 Å². The molecule has 0 spiro atoms. The summed E-state index contributed by atoms with van der Waals surface area (Å²) in [7, 11) is 0. The molecule has 1 aromatic heterocycles. The van der Waals surface area contributed by atoms with E-state index in [-0.39, 0.29) is 0 Å². The Kier molecular flexibility index (Phi) is 2.33. The first kappa shape index (κ1) is 9.07. The highest BCUT2D eigenvalue weighted by Gasteiger charge is 2.02. The maximum Gasteiger partial charge on any atom is 0.129 e. The predicted molar refractivity (Wildman–Crippen MR) is 56.8 cm³/mol. The molecule has 1 nitrogen and oxygen atoms in total. The molecular weight excluding hydrogens is 228 g/mol. The minimum Gasteiger partial charge on any atom is -0.244 e. The first-order valence-electron chi connectivity index (χ1n) is 3.57. The molecular formula is C9H4Cl3N. The van der Waals surface area contributed by atoms with Crippen molar-refractivity contribution in [2.45, 2.75) is 0 Å². The zero-order valence-electron chi connectivity index (χ0n) is 6.39. The van der Waals surface area contributed by atoms with Crippen LogP contribution in [0.2, 0.25) is 15.2 Å². The van der Waals surface area contributed by atoms with Crippen molar-refractivity contribution in [2.24, 2.45) is 0 Å². The lowest BCUT2D eigenvalue weighted by atomic mass is 10.2. The molecule has 0 bridgehead atoms. The van der Waals surface area contributed by atoms with Gasteiger partial charge in [0.15, 0.2) is 0 Å². The third kappa shape index (κ3) is 1.73. The second kappa shape index (κ2) is 3.33. The molecule has 0 atom stereocenters. The van der Waals surface area contributed by atoms with Gasteiger partial charge in [-0.05, 0) is 18.2 Å². The predicted octanol–water partition coefficient (Wildman–Crippen LogP) is 4.20. The van der Waals surface area contributed by atoms with Crippen molar-refractivity contribution >= 4 is 45.6 Å². The molecule has 0 unspecified atom stereocenters. The Morgan fingerprint density at radius 2 is 1.77 bits per heavy atom. The summed E-state index contributed by atoms with van der Waals surface area (Å²) in [6.07, 6.45) is 1.65. The van der Waals surface area contributed by atoms with Crippen LogP contribution in [0.3, 0.4) is 0 Å². The van der Waals surface area contributed by atoms with Crippen LogP contribution in [0.15, 0.2) is 24.4 Å². The van der Waals surface area contributed by atoms with E-state index in [0.29, 0.717) is 15.2 Å².